The first-order chi connectivity index (χ1) is 3.55. The third-order valence-corrected chi connectivity index (χ3v) is 0.805. The van der Waals surface area contributed by atoms with Crippen LogP contribution in [0.4, 0.5) is 0 Å². The average Bonchev–Trinajstić information content (AvgIpc) is 1.64. The summed E-state index contributed by atoms with van der Waals surface area (Å²) in [6.45, 7) is 1.33. The minimum absolute atomic E-state index is 0. The Morgan fingerprint density at radius 3 is 2.11 bits per heavy atom. The van der Waals surface area contributed by atoms with Crippen LogP contribution in [0.3, 0.4) is 0 Å². The van der Waals surface area contributed by atoms with Crippen molar-refractivity contribution in [2.75, 3.05) is 0 Å². The average molecular weight is 145 g/mol. The van der Waals surface area contributed by atoms with Crippen molar-refractivity contribution >= 4 is 29.0 Å². The molecule has 0 saturated carbocycles. The van der Waals surface area contributed by atoms with E-state index in [1.807, 2.05) is 0 Å². The van der Waals surface area contributed by atoms with E-state index in [9.17, 15) is 4.79 Å². The van der Waals surface area contributed by atoms with Gasteiger partial charge in [-0.1, -0.05) is 0 Å². The van der Waals surface area contributed by atoms with Gasteiger partial charge in [-0.3, -0.25) is 4.79 Å². The molecule has 0 aromatic carbocycles. The fourth-order valence-corrected chi connectivity index (χ4v) is 0.206. The monoisotopic (exact) mass is 145 g/mol. The molecule has 0 spiro atoms. The maximum Gasteiger partial charge on any atom is 2.00 e. The molecule has 0 radical (unpaired) electrons. The molecular weight excluding hydrogens is 134 g/mol. The van der Waals surface area contributed by atoms with Crippen molar-refractivity contribution in [3.05, 3.63) is 0 Å². The molecule has 4 N–H and O–H groups in total. The molecule has 0 aliphatic carbocycles. The van der Waals surface area contributed by atoms with Crippen LogP contribution in [0.5, 0.6) is 0 Å². The molecule has 0 rings (SSSR count). The third kappa shape index (κ3) is 4.65. The summed E-state index contributed by atoms with van der Waals surface area (Å²) in [5, 5.41) is 16.6. The number of hydrogen-bond donors (Lipinski definition) is 3. The van der Waals surface area contributed by atoms with Crippen molar-refractivity contribution in [1.29, 1.82) is 0 Å². The number of aliphatic hydroxyl groups excluding tert-OH is 1. The van der Waals surface area contributed by atoms with Gasteiger partial charge in [-0.15, -0.1) is 0 Å². The molecule has 2 atom stereocenters. The fraction of sp³-hybridized carbons (Fsp3) is 0.750. The van der Waals surface area contributed by atoms with E-state index < -0.39 is 18.1 Å². The molecule has 9 heavy (non-hydrogen) atoms. The van der Waals surface area contributed by atoms with Gasteiger partial charge in [-0.05, 0) is 6.92 Å². The van der Waals surface area contributed by atoms with E-state index in [2.05, 4.69) is 0 Å². The van der Waals surface area contributed by atoms with Gasteiger partial charge in [0.05, 0.1) is 6.10 Å². The van der Waals surface area contributed by atoms with E-state index >= 15 is 0 Å². The summed E-state index contributed by atoms with van der Waals surface area (Å²) < 4.78 is 0. The van der Waals surface area contributed by atoms with Crippen molar-refractivity contribution in [1.82, 2.24) is 0 Å². The van der Waals surface area contributed by atoms with Crippen LogP contribution in [0.25, 0.3) is 0 Å². The molecule has 0 aliphatic heterocycles. The molecule has 0 heterocycles. The number of aliphatic hydroxyl groups is 1. The molecule has 0 bridgehead atoms. The van der Waals surface area contributed by atoms with Gasteiger partial charge >= 0.3 is 29.0 Å². The topological polar surface area (TPSA) is 83.5 Å². The maximum absolute atomic E-state index is 9.86. The second-order valence-electron chi connectivity index (χ2n) is 1.60. The van der Waals surface area contributed by atoms with E-state index in [1.165, 1.54) is 6.92 Å². The first-order valence-electron chi connectivity index (χ1n) is 2.22. The number of aliphatic carboxylic acids is 1. The Labute approximate surface area is 72.2 Å². The first kappa shape index (κ1) is 11.9. The van der Waals surface area contributed by atoms with Gasteiger partial charge in [-0.25, -0.2) is 0 Å². The standard InChI is InChI=1S/C4H9NO3.Mg.2H/c1-2(6)3(5)4(7)8;;;/h2-3,6H,5H2,1H3,(H,7,8);;;/q;+2;2*-1/t2-,3+;;;/m1.../s1. The summed E-state index contributed by atoms with van der Waals surface area (Å²) in [7, 11) is 0. The molecule has 0 aromatic heterocycles. The SMILES string of the molecule is C[C@@H](O)[C@H](N)C(=O)O.[H-].[H-].[Mg+2]. The number of hydrogen-bond acceptors (Lipinski definition) is 3. The van der Waals surface area contributed by atoms with E-state index in [1.54, 1.807) is 0 Å². The summed E-state index contributed by atoms with van der Waals surface area (Å²) in [4.78, 5) is 9.86. The van der Waals surface area contributed by atoms with Crippen LogP contribution in [0.1, 0.15) is 9.78 Å². The van der Waals surface area contributed by atoms with Gasteiger partial charge in [0.15, 0.2) is 0 Å². The molecule has 0 saturated heterocycles. The molecule has 0 unspecified atom stereocenters. The van der Waals surface area contributed by atoms with E-state index in [-0.39, 0.29) is 25.9 Å². The normalized spacial score (nSPS) is 15.4. The molecule has 0 aliphatic rings. The predicted molar refractivity (Wildman–Crippen MR) is 35.3 cm³/mol. The van der Waals surface area contributed by atoms with Gasteiger partial charge in [0, 0.05) is 0 Å². The van der Waals surface area contributed by atoms with Crippen LogP contribution >= 0.6 is 0 Å². The minimum Gasteiger partial charge on any atom is -1.00 e. The Hall–Kier alpha value is 0.156. The second kappa shape index (κ2) is 4.98. The zero-order valence-electron chi connectivity index (χ0n) is 7.24. The third-order valence-electron chi connectivity index (χ3n) is 0.805. The van der Waals surface area contributed by atoms with Crippen LogP contribution < -0.4 is 5.73 Å². The smallest absolute Gasteiger partial charge is 1.00 e. The number of carbonyl (C=O) groups is 1. The van der Waals surface area contributed by atoms with E-state index in [4.69, 9.17) is 15.9 Å². The predicted octanol–water partition coefficient (Wildman–Crippen LogP) is -1.38. The van der Waals surface area contributed by atoms with Gasteiger partial charge in [0.2, 0.25) is 0 Å². The second-order valence-corrected chi connectivity index (χ2v) is 1.60. The molecule has 52 valence electrons. The minimum atomic E-state index is -1.18. The molecule has 0 aromatic rings. The van der Waals surface area contributed by atoms with Crippen LogP contribution in [0, 0.1) is 0 Å². The number of carboxylic acids is 1. The first-order valence-corrected chi connectivity index (χ1v) is 2.22. The van der Waals surface area contributed by atoms with E-state index in [0.717, 1.165) is 0 Å². The van der Waals surface area contributed by atoms with Crippen LogP contribution in [0.15, 0.2) is 0 Å². The molecule has 4 nitrogen and oxygen atoms in total. The van der Waals surface area contributed by atoms with Gasteiger partial charge in [-0.2, -0.15) is 0 Å². The quantitative estimate of drug-likeness (QED) is 0.419. The number of carboxylic acid groups (broad SMARTS) is 1. The Bertz CT molecular complexity index is 103. The Kier molecular flexibility index (Phi) is 6.58. The van der Waals surface area contributed by atoms with Gasteiger partial charge in [0.25, 0.3) is 0 Å². The Morgan fingerprint density at radius 2 is 2.11 bits per heavy atom. The zero-order valence-corrected chi connectivity index (χ0v) is 6.66. The fourth-order valence-electron chi connectivity index (χ4n) is 0.206. The van der Waals surface area contributed by atoms with Crippen molar-refractivity contribution < 1.29 is 17.9 Å². The van der Waals surface area contributed by atoms with Crippen LogP contribution in [-0.4, -0.2) is 51.4 Å². The van der Waals surface area contributed by atoms with Crippen LogP contribution in [0.2, 0.25) is 0 Å². The Balaban J connectivity index is -0.0000000817. The summed E-state index contributed by atoms with van der Waals surface area (Å²) in [6, 6.07) is -1.16. The van der Waals surface area contributed by atoms with Gasteiger partial charge < -0.3 is 18.8 Å². The summed E-state index contributed by atoms with van der Waals surface area (Å²) in [5.74, 6) is -1.18. The number of nitrogens with two attached hydrogens (primary N) is 1. The molecule has 0 amide bonds. The van der Waals surface area contributed by atoms with Gasteiger partial charge in [0.1, 0.15) is 6.04 Å². The Morgan fingerprint density at radius 1 is 1.78 bits per heavy atom. The molecule has 5 heteroatoms. The molecular formula is C4H11MgNO3. The van der Waals surface area contributed by atoms with Crippen molar-refractivity contribution in [3.8, 4) is 0 Å². The van der Waals surface area contributed by atoms with Crippen molar-refractivity contribution in [2.24, 2.45) is 5.73 Å². The zero-order chi connectivity index (χ0) is 6.73. The molecule has 0 fully saturated rings. The summed E-state index contributed by atoms with van der Waals surface area (Å²) in [5.41, 5.74) is 4.91. The van der Waals surface area contributed by atoms with Crippen molar-refractivity contribution in [2.45, 2.75) is 19.1 Å². The number of rotatable bonds is 2. The summed E-state index contributed by atoms with van der Waals surface area (Å²) >= 11 is 0. The van der Waals surface area contributed by atoms with Crippen molar-refractivity contribution in [3.63, 3.8) is 0 Å². The van der Waals surface area contributed by atoms with E-state index in [0.29, 0.717) is 0 Å². The maximum atomic E-state index is 9.86. The van der Waals surface area contributed by atoms with Crippen LogP contribution in [-0.2, 0) is 4.79 Å². The summed E-state index contributed by atoms with van der Waals surface area (Å²) in [6.07, 6.45) is -0.979. The largest absolute Gasteiger partial charge is 2.00 e.